The predicted molar refractivity (Wildman–Crippen MR) is 64.3 cm³/mol. The average Bonchev–Trinajstić information content (AvgIpc) is 2.77. The van der Waals surface area contributed by atoms with E-state index in [9.17, 15) is 14.4 Å². The number of aliphatic carboxylic acids is 1. The summed E-state index contributed by atoms with van der Waals surface area (Å²) in [5, 5.41) is 17.0. The number of rotatable bonds is 7. The minimum absolute atomic E-state index is 0.0329. The molecule has 0 unspecified atom stereocenters. The lowest BCUT2D eigenvalue weighted by molar-refractivity contribution is -0.139. The fraction of sp³-hybridized carbons (Fsp3) is 0.500. The highest BCUT2D eigenvalue weighted by Gasteiger charge is 2.20. The molecule has 0 aliphatic heterocycles. The Hall–Kier alpha value is -2.65. The number of nitrogens with zero attached hydrogens (tertiary/aromatic N) is 2. The minimum atomic E-state index is -1.25. The van der Waals surface area contributed by atoms with Gasteiger partial charge >= 0.3 is 12.0 Å². The van der Waals surface area contributed by atoms with Gasteiger partial charge in [0.2, 0.25) is 11.8 Å². The van der Waals surface area contributed by atoms with E-state index in [0.29, 0.717) is 5.82 Å². The first kappa shape index (κ1) is 15.4. The molecule has 0 aliphatic rings. The molecular weight excluding hydrogens is 270 g/mol. The van der Waals surface area contributed by atoms with Crippen LogP contribution in [0.1, 0.15) is 24.6 Å². The summed E-state index contributed by atoms with van der Waals surface area (Å²) < 4.78 is 4.76. The quantitative estimate of drug-likeness (QED) is 0.494. The van der Waals surface area contributed by atoms with Gasteiger partial charge in [-0.15, -0.1) is 0 Å². The zero-order valence-electron chi connectivity index (χ0n) is 10.8. The van der Waals surface area contributed by atoms with Crippen molar-refractivity contribution in [3.8, 4) is 0 Å². The van der Waals surface area contributed by atoms with Crippen molar-refractivity contribution in [2.75, 3.05) is 0 Å². The summed E-state index contributed by atoms with van der Waals surface area (Å²) in [5.74, 6) is -1.27. The Kier molecular flexibility index (Phi) is 5.44. The number of aryl methyl sites for hydroxylation is 1. The average molecular weight is 285 g/mol. The summed E-state index contributed by atoms with van der Waals surface area (Å²) in [6.07, 6.45) is -0.224. The summed E-state index contributed by atoms with van der Waals surface area (Å²) in [6.45, 7) is 1.59. The van der Waals surface area contributed by atoms with Gasteiger partial charge in [0.05, 0.1) is 6.54 Å². The van der Waals surface area contributed by atoms with Crippen molar-refractivity contribution in [3.63, 3.8) is 0 Å². The van der Waals surface area contributed by atoms with E-state index in [1.165, 1.54) is 0 Å². The number of amides is 3. The molecule has 10 nitrogen and oxygen atoms in total. The van der Waals surface area contributed by atoms with Crippen LogP contribution in [0, 0.1) is 6.92 Å². The number of nitrogens with two attached hydrogens (primary N) is 1. The number of carboxylic acids is 1. The molecule has 0 spiro atoms. The van der Waals surface area contributed by atoms with Gasteiger partial charge in [-0.1, -0.05) is 5.16 Å². The zero-order valence-corrected chi connectivity index (χ0v) is 10.8. The van der Waals surface area contributed by atoms with Crippen LogP contribution in [0.15, 0.2) is 4.52 Å². The molecule has 3 amide bonds. The Morgan fingerprint density at radius 1 is 1.45 bits per heavy atom. The maximum absolute atomic E-state index is 11.5. The molecule has 5 N–H and O–H groups in total. The molecule has 0 fully saturated rings. The van der Waals surface area contributed by atoms with E-state index in [-0.39, 0.29) is 25.3 Å². The van der Waals surface area contributed by atoms with Crippen molar-refractivity contribution < 1.29 is 24.0 Å². The molecule has 0 aliphatic carbocycles. The number of aromatic nitrogens is 2. The molecule has 1 aromatic rings. The van der Waals surface area contributed by atoms with E-state index >= 15 is 0 Å². The predicted octanol–water partition coefficient (Wildman–Crippen LogP) is -1.10. The lowest BCUT2D eigenvalue weighted by atomic mass is 10.1. The van der Waals surface area contributed by atoms with Crippen LogP contribution in [0.4, 0.5) is 4.79 Å². The number of nitrogens with one attached hydrogen (secondary N) is 2. The zero-order chi connectivity index (χ0) is 15.1. The van der Waals surface area contributed by atoms with Crippen LogP contribution in [-0.2, 0) is 16.1 Å². The topological polar surface area (TPSA) is 160 Å². The minimum Gasteiger partial charge on any atom is -0.480 e. The maximum atomic E-state index is 11.5. The Morgan fingerprint density at radius 3 is 2.65 bits per heavy atom. The normalized spacial score (nSPS) is 11.7. The number of primary amides is 1. The molecule has 0 bridgehead atoms. The van der Waals surface area contributed by atoms with Gasteiger partial charge in [0.1, 0.15) is 6.04 Å². The molecule has 10 heteroatoms. The highest BCUT2D eigenvalue weighted by atomic mass is 16.5. The van der Waals surface area contributed by atoms with Crippen LogP contribution >= 0.6 is 0 Å². The largest absolute Gasteiger partial charge is 0.480 e. The third-order valence-electron chi connectivity index (χ3n) is 2.25. The first-order valence-electron chi connectivity index (χ1n) is 5.73. The smallest absolute Gasteiger partial charge is 0.326 e. The molecule has 20 heavy (non-hydrogen) atoms. The van der Waals surface area contributed by atoms with Gasteiger partial charge in [0.15, 0.2) is 5.82 Å². The number of urea groups is 1. The SMILES string of the molecule is Cc1noc(CNC(=O)N[C@@H](CCC(N)=O)C(=O)O)n1. The molecule has 0 saturated heterocycles. The van der Waals surface area contributed by atoms with E-state index in [2.05, 4.69) is 20.8 Å². The summed E-state index contributed by atoms with van der Waals surface area (Å²) in [7, 11) is 0. The van der Waals surface area contributed by atoms with Gasteiger partial charge in [-0.25, -0.2) is 9.59 Å². The van der Waals surface area contributed by atoms with E-state index in [1.807, 2.05) is 0 Å². The van der Waals surface area contributed by atoms with E-state index < -0.39 is 23.9 Å². The van der Waals surface area contributed by atoms with E-state index in [4.69, 9.17) is 15.4 Å². The molecule has 0 saturated carbocycles. The highest BCUT2D eigenvalue weighted by molar-refractivity contribution is 5.83. The van der Waals surface area contributed by atoms with Crippen LogP contribution in [-0.4, -0.2) is 39.2 Å². The summed E-state index contributed by atoms with van der Waals surface area (Å²) in [4.78, 5) is 36.8. The second-order valence-corrected chi connectivity index (χ2v) is 3.96. The Bertz CT molecular complexity index is 500. The number of hydrogen-bond acceptors (Lipinski definition) is 6. The Balaban J connectivity index is 2.41. The third kappa shape index (κ3) is 5.33. The molecule has 1 rings (SSSR count). The van der Waals surface area contributed by atoms with Crippen LogP contribution in [0.3, 0.4) is 0 Å². The lowest BCUT2D eigenvalue weighted by Gasteiger charge is -2.13. The number of carbonyl (C=O) groups is 3. The molecule has 1 aromatic heterocycles. The van der Waals surface area contributed by atoms with Gasteiger partial charge in [-0.05, 0) is 13.3 Å². The fourth-order valence-electron chi connectivity index (χ4n) is 1.32. The van der Waals surface area contributed by atoms with Crippen molar-refractivity contribution >= 4 is 17.9 Å². The molecule has 1 atom stereocenters. The van der Waals surface area contributed by atoms with Crippen molar-refractivity contribution in [2.45, 2.75) is 32.4 Å². The lowest BCUT2D eigenvalue weighted by Crippen LogP contribution is -2.46. The molecular formula is C10H15N5O5. The third-order valence-corrected chi connectivity index (χ3v) is 2.25. The van der Waals surface area contributed by atoms with Crippen LogP contribution < -0.4 is 16.4 Å². The number of carboxylic acid groups (broad SMARTS) is 1. The Labute approximate surface area is 113 Å². The summed E-state index contributed by atoms with van der Waals surface area (Å²) in [5.41, 5.74) is 4.92. The maximum Gasteiger partial charge on any atom is 0.326 e. The van der Waals surface area contributed by atoms with E-state index in [1.54, 1.807) is 6.92 Å². The summed E-state index contributed by atoms with van der Waals surface area (Å²) in [6, 6.07) is -1.93. The number of carbonyl (C=O) groups excluding carboxylic acids is 2. The fourth-order valence-corrected chi connectivity index (χ4v) is 1.32. The first-order chi connectivity index (χ1) is 9.38. The molecule has 110 valence electrons. The van der Waals surface area contributed by atoms with Crippen LogP contribution in [0.5, 0.6) is 0 Å². The van der Waals surface area contributed by atoms with Gasteiger partial charge < -0.3 is 26.0 Å². The van der Waals surface area contributed by atoms with Crippen molar-refractivity contribution in [2.24, 2.45) is 5.73 Å². The van der Waals surface area contributed by atoms with Crippen molar-refractivity contribution in [1.29, 1.82) is 0 Å². The number of hydrogen-bond donors (Lipinski definition) is 4. The standard InChI is InChI=1S/C10H15N5O5/c1-5-13-8(20-15-5)4-12-10(19)14-6(9(17)18)2-3-7(11)16/h6H,2-4H2,1H3,(H2,11,16)(H,17,18)(H2,12,14,19)/t6-/m0/s1. The summed E-state index contributed by atoms with van der Waals surface area (Å²) >= 11 is 0. The van der Waals surface area contributed by atoms with Gasteiger partial charge in [0, 0.05) is 6.42 Å². The highest BCUT2D eigenvalue weighted by Crippen LogP contribution is 1.98. The Morgan fingerprint density at radius 2 is 2.15 bits per heavy atom. The second-order valence-electron chi connectivity index (χ2n) is 3.96. The van der Waals surface area contributed by atoms with Crippen molar-refractivity contribution in [1.82, 2.24) is 20.8 Å². The molecule has 0 aromatic carbocycles. The van der Waals surface area contributed by atoms with Crippen molar-refractivity contribution in [3.05, 3.63) is 11.7 Å². The van der Waals surface area contributed by atoms with Crippen LogP contribution in [0.2, 0.25) is 0 Å². The van der Waals surface area contributed by atoms with Gasteiger partial charge in [-0.3, -0.25) is 4.79 Å². The molecule has 0 radical (unpaired) electrons. The van der Waals surface area contributed by atoms with Crippen LogP contribution in [0.25, 0.3) is 0 Å². The molecule has 1 heterocycles. The second kappa shape index (κ2) is 7.07. The van der Waals surface area contributed by atoms with E-state index in [0.717, 1.165) is 0 Å². The van der Waals surface area contributed by atoms with Gasteiger partial charge in [0.25, 0.3) is 0 Å². The monoisotopic (exact) mass is 285 g/mol. The first-order valence-corrected chi connectivity index (χ1v) is 5.73. The van der Waals surface area contributed by atoms with Gasteiger partial charge in [-0.2, -0.15) is 4.98 Å².